The van der Waals surface area contributed by atoms with Crippen LogP contribution in [0.15, 0.2) is 36.7 Å². The van der Waals surface area contributed by atoms with Gasteiger partial charge in [-0.3, -0.25) is 0 Å². The van der Waals surface area contributed by atoms with Gasteiger partial charge in [0.05, 0.1) is 6.61 Å². The van der Waals surface area contributed by atoms with Gasteiger partial charge < -0.3 is 14.6 Å². The van der Waals surface area contributed by atoms with Crippen molar-refractivity contribution < 1.29 is 4.74 Å². The number of rotatable bonds is 8. The van der Waals surface area contributed by atoms with Crippen LogP contribution in [0.25, 0.3) is 0 Å². The molecular weight excluding hydrogens is 262 g/mol. The molecule has 0 radical (unpaired) electrons. The van der Waals surface area contributed by atoms with Gasteiger partial charge >= 0.3 is 0 Å². The zero-order valence-corrected chi connectivity index (χ0v) is 13.2. The Morgan fingerprint density at radius 1 is 1.29 bits per heavy atom. The standard InChI is InChI=1S/C17H25N3O/c1-4-11-20-12-10-19-17(20)13-15(18-3)14-8-6-7-9-16(14)21-5-2/h6-10,12,15,18H,4-5,11,13H2,1-3H3. The molecule has 0 amide bonds. The van der Waals surface area contributed by atoms with Gasteiger partial charge in [0.15, 0.2) is 0 Å². The van der Waals surface area contributed by atoms with Gasteiger partial charge in [-0.2, -0.15) is 0 Å². The third kappa shape index (κ3) is 3.85. The predicted octanol–water partition coefficient (Wildman–Crippen LogP) is 3.20. The van der Waals surface area contributed by atoms with E-state index in [0.29, 0.717) is 6.61 Å². The molecule has 4 nitrogen and oxygen atoms in total. The van der Waals surface area contributed by atoms with Gasteiger partial charge in [0.2, 0.25) is 0 Å². The van der Waals surface area contributed by atoms with Crippen LogP contribution < -0.4 is 10.1 Å². The number of aryl methyl sites for hydroxylation is 1. The van der Waals surface area contributed by atoms with Gasteiger partial charge in [-0.25, -0.2) is 4.98 Å². The van der Waals surface area contributed by atoms with Crippen LogP contribution in [-0.2, 0) is 13.0 Å². The summed E-state index contributed by atoms with van der Waals surface area (Å²) in [5.41, 5.74) is 1.19. The SMILES string of the molecule is CCCn1ccnc1CC(NC)c1ccccc1OCC. The number of aromatic nitrogens is 2. The van der Waals surface area contributed by atoms with E-state index in [9.17, 15) is 0 Å². The van der Waals surface area contributed by atoms with Crippen molar-refractivity contribution in [2.75, 3.05) is 13.7 Å². The van der Waals surface area contributed by atoms with E-state index in [1.54, 1.807) is 0 Å². The van der Waals surface area contributed by atoms with Gasteiger partial charge in [-0.1, -0.05) is 25.1 Å². The lowest BCUT2D eigenvalue weighted by atomic mass is 10.0. The highest BCUT2D eigenvalue weighted by Crippen LogP contribution is 2.27. The Labute approximate surface area is 127 Å². The molecule has 114 valence electrons. The summed E-state index contributed by atoms with van der Waals surface area (Å²) in [4.78, 5) is 4.51. The van der Waals surface area contributed by atoms with E-state index in [-0.39, 0.29) is 6.04 Å². The highest BCUT2D eigenvalue weighted by atomic mass is 16.5. The molecule has 0 aliphatic heterocycles. The van der Waals surface area contributed by atoms with E-state index in [1.807, 2.05) is 32.3 Å². The fraction of sp³-hybridized carbons (Fsp3) is 0.471. The first-order valence-electron chi connectivity index (χ1n) is 7.69. The van der Waals surface area contributed by atoms with Gasteiger partial charge in [0.1, 0.15) is 11.6 Å². The van der Waals surface area contributed by atoms with Gasteiger partial charge in [-0.15, -0.1) is 0 Å². The lowest BCUT2D eigenvalue weighted by molar-refractivity contribution is 0.331. The lowest BCUT2D eigenvalue weighted by Gasteiger charge is -2.20. The zero-order valence-electron chi connectivity index (χ0n) is 13.2. The third-order valence-electron chi connectivity index (χ3n) is 3.60. The van der Waals surface area contributed by atoms with Crippen molar-refractivity contribution >= 4 is 0 Å². The Bertz CT molecular complexity index is 550. The summed E-state index contributed by atoms with van der Waals surface area (Å²) in [5.74, 6) is 2.07. The van der Waals surface area contributed by atoms with Crippen molar-refractivity contribution in [2.24, 2.45) is 0 Å². The average Bonchev–Trinajstić information content (AvgIpc) is 2.93. The summed E-state index contributed by atoms with van der Waals surface area (Å²) in [6.07, 6.45) is 5.91. The molecule has 21 heavy (non-hydrogen) atoms. The molecule has 1 atom stereocenters. The van der Waals surface area contributed by atoms with E-state index in [2.05, 4.69) is 40.1 Å². The highest BCUT2D eigenvalue weighted by Gasteiger charge is 2.17. The van der Waals surface area contributed by atoms with Crippen LogP contribution in [-0.4, -0.2) is 23.2 Å². The smallest absolute Gasteiger partial charge is 0.124 e. The van der Waals surface area contributed by atoms with Crippen molar-refractivity contribution in [3.63, 3.8) is 0 Å². The van der Waals surface area contributed by atoms with E-state index in [0.717, 1.165) is 31.0 Å². The van der Waals surface area contributed by atoms with Crippen LogP contribution in [0.2, 0.25) is 0 Å². The van der Waals surface area contributed by atoms with Crippen LogP contribution in [0.3, 0.4) is 0 Å². The summed E-state index contributed by atoms with van der Waals surface area (Å²) >= 11 is 0. The second kappa shape index (κ2) is 7.84. The Morgan fingerprint density at radius 3 is 2.81 bits per heavy atom. The maximum absolute atomic E-state index is 5.75. The molecule has 1 aromatic carbocycles. The van der Waals surface area contributed by atoms with E-state index in [4.69, 9.17) is 4.74 Å². The number of hydrogen-bond donors (Lipinski definition) is 1. The quantitative estimate of drug-likeness (QED) is 0.810. The number of benzene rings is 1. The maximum Gasteiger partial charge on any atom is 0.124 e. The summed E-state index contributed by atoms with van der Waals surface area (Å²) in [7, 11) is 1.99. The van der Waals surface area contributed by atoms with E-state index < -0.39 is 0 Å². The molecule has 1 aromatic heterocycles. The van der Waals surface area contributed by atoms with Gasteiger partial charge in [0, 0.05) is 37.0 Å². The molecule has 0 aliphatic rings. The number of para-hydroxylation sites is 1. The van der Waals surface area contributed by atoms with Crippen LogP contribution >= 0.6 is 0 Å². The normalized spacial score (nSPS) is 12.3. The molecule has 1 heterocycles. The molecule has 0 bridgehead atoms. The Morgan fingerprint density at radius 2 is 2.10 bits per heavy atom. The number of nitrogens with zero attached hydrogens (tertiary/aromatic N) is 2. The molecule has 4 heteroatoms. The molecule has 0 spiro atoms. The number of imidazole rings is 1. The maximum atomic E-state index is 5.75. The summed E-state index contributed by atoms with van der Waals surface area (Å²) < 4.78 is 7.98. The zero-order chi connectivity index (χ0) is 15.1. The molecule has 2 aromatic rings. The first-order valence-corrected chi connectivity index (χ1v) is 7.69. The Kier molecular flexibility index (Phi) is 5.81. The second-order valence-electron chi connectivity index (χ2n) is 5.05. The largest absolute Gasteiger partial charge is 0.494 e. The molecule has 2 rings (SSSR count). The topological polar surface area (TPSA) is 39.1 Å². The monoisotopic (exact) mass is 287 g/mol. The molecule has 0 saturated carbocycles. The Hall–Kier alpha value is -1.81. The minimum atomic E-state index is 0.200. The van der Waals surface area contributed by atoms with Crippen LogP contribution in [0.4, 0.5) is 0 Å². The molecule has 0 aliphatic carbocycles. The van der Waals surface area contributed by atoms with Crippen LogP contribution in [0, 0.1) is 0 Å². The van der Waals surface area contributed by atoms with Gasteiger partial charge in [0.25, 0.3) is 0 Å². The second-order valence-corrected chi connectivity index (χ2v) is 5.05. The molecule has 1 N–H and O–H groups in total. The number of hydrogen-bond acceptors (Lipinski definition) is 3. The van der Waals surface area contributed by atoms with Crippen LogP contribution in [0.5, 0.6) is 5.75 Å². The van der Waals surface area contributed by atoms with E-state index >= 15 is 0 Å². The summed E-state index contributed by atoms with van der Waals surface area (Å²) in [6.45, 7) is 5.89. The summed E-state index contributed by atoms with van der Waals surface area (Å²) in [5, 5.41) is 3.39. The minimum absolute atomic E-state index is 0.200. The fourth-order valence-corrected chi connectivity index (χ4v) is 2.58. The number of ether oxygens (including phenoxy) is 1. The van der Waals surface area contributed by atoms with Crippen molar-refractivity contribution in [3.8, 4) is 5.75 Å². The molecular formula is C17H25N3O. The fourth-order valence-electron chi connectivity index (χ4n) is 2.58. The van der Waals surface area contributed by atoms with Crippen molar-refractivity contribution in [2.45, 2.75) is 39.3 Å². The van der Waals surface area contributed by atoms with E-state index in [1.165, 1.54) is 5.56 Å². The molecule has 1 unspecified atom stereocenters. The van der Waals surface area contributed by atoms with Gasteiger partial charge in [-0.05, 0) is 26.5 Å². The predicted molar refractivity (Wildman–Crippen MR) is 85.6 cm³/mol. The van der Waals surface area contributed by atoms with Crippen LogP contribution in [0.1, 0.15) is 37.7 Å². The first kappa shape index (κ1) is 15.6. The first-order chi connectivity index (χ1) is 10.3. The number of nitrogens with one attached hydrogen (secondary N) is 1. The van der Waals surface area contributed by atoms with Crippen molar-refractivity contribution in [1.29, 1.82) is 0 Å². The lowest BCUT2D eigenvalue weighted by Crippen LogP contribution is -2.21. The third-order valence-corrected chi connectivity index (χ3v) is 3.60. The average molecular weight is 287 g/mol. The summed E-state index contributed by atoms with van der Waals surface area (Å²) in [6, 6.07) is 8.42. The van der Waals surface area contributed by atoms with Crippen molar-refractivity contribution in [1.82, 2.24) is 14.9 Å². The highest BCUT2D eigenvalue weighted by molar-refractivity contribution is 5.36. The minimum Gasteiger partial charge on any atom is -0.494 e. The van der Waals surface area contributed by atoms with Crippen molar-refractivity contribution in [3.05, 3.63) is 48.0 Å². The Balaban J connectivity index is 2.21. The number of likely N-dealkylation sites (N-methyl/N-ethyl adjacent to an activating group) is 1. The molecule has 0 saturated heterocycles. The molecule has 0 fully saturated rings.